The first kappa shape index (κ1) is 14.0. The lowest BCUT2D eigenvalue weighted by Gasteiger charge is -2.13. The first-order chi connectivity index (χ1) is 9.58. The van der Waals surface area contributed by atoms with E-state index in [0.717, 1.165) is 17.1 Å². The maximum absolute atomic E-state index is 11.9. The number of carbonyl (C=O) groups is 1. The molecule has 0 aliphatic carbocycles. The van der Waals surface area contributed by atoms with Gasteiger partial charge in [-0.2, -0.15) is 0 Å². The Morgan fingerprint density at radius 2 is 2.20 bits per heavy atom. The third-order valence-corrected chi connectivity index (χ3v) is 3.19. The second-order valence-electron chi connectivity index (χ2n) is 4.79. The summed E-state index contributed by atoms with van der Waals surface area (Å²) in [4.78, 5) is 11.9. The first-order valence-electron chi connectivity index (χ1n) is 6.54. The number of rotatable bonds is 5. The number of amides is 1. The van der Waals surface area contributed by atoms with Gasteiger partial charge < -0.3 is 15.6 Å². The van der Waals surface area contributed by atoms with Gasteiger partial charge in [0.1, 0.15) is 6.33 Å². The highest BCUT2D eigenvalue weighted by molar-refractivity contribution is 5.76. The van der Waals surface area contributed by atoms with E-state index in [4.69, 9.17) is 5.73 Å². The zero-order valence-corrected chi connectivity index (χ0v) is 11.7. The normalized spacial score (nSPS) is 12.1. The number of aromatic nitrogens is 3. The number of hydrogen-bond acceptors (Lipinski definition) is 4. The standard InChI is InChI=1S/C14H19N5O/c1-10(14-18-16-9-19(14)2)17-13(20)8-7-11-5-3-4-6-12(11)15/h3-6,9-10H,7-8,15H2,1-2H3,(H,17,20). The topological polar surface area (TPSA) is 85.8 Å². The van der Waals surface area contributed by atoms with Crippen molar-refractivity contribution in [3.63, 3.8) is 0 Å². The van der Waals surface area contributed by atoms with Crippen LogP contribution in [0.2, 0.25) is 0 Å². The monoisotopic (exact) mass is 273 g/mol. The van der Waals surface area contributed by atoms with Gasteiger partial charge in [0.2, 0.25) is 5.91 Å². The number of nitrogens with zero attached hydrogens (tertiary/aromatic N) is 3. The zero-order chi connectivity index (χ0) is 14.5. The Morgan fingerprint density at radius 1 is 1.45 bits per heavy atom. The van der Waals surface area contributed by atoms with Gasteiger partial charge in [-0.3, -0.25) is 4.79 Å². The lowest BCUT2D eigenvalue weighted by atomic mass is 10.1. The van der Waals surface area contributed by atoms with Gasteiger partial charge in [-0.05, 0) is 25.0 Å². The van der Waals surface area contributed by atoms with Crippen molar-refractivity contribution in [2.75, 3.05) is 5.73 Å². The zero-order valence-electron chi connectivity index (χ0n) is 11.7. The molecule has 0 saturated carbocycles. The fraction of sp³-hybridized carbons (Fsp3) is 0.357. The lowest BCUT2D eigenvalue weighted by Crippen LogP contribution is -2.28. The Hall–Kier alpha value is -2.37. The summed E-state index contributed by atoms with van der Waals surface area (Å²) >= 11 is 0. The van der Waals surface area contributed by atoms with Gasteiger partial charge >= 0.3 is 0 Å². The Balaban J connectivity index is 1.87. The van der Waals surface area contributed by atoms with Crippen LogP contribution in [0, 0.1) is 0 Å². The van der Waals surface area contributed by atoms with E-state index in [9.17, 15) is 4.79 Å². The molecule has 1 unspecified atom stereocenters. The second-order valence-corrected chi connectivity index (χ2v) is 4.79. The average molecular weight is 273 g/mol. The van der Waals surface area contributed by atoms with Crippen LogP contribution in [0.1, 0.15) is 30.8 Å². The Kier molecular flexibility index (Phi) is 4.34. The molecular weight excluding hydrogens is 254 g/mol. The minimum absolute atomic E-state index is 0.0243. The number of nitrogen functional groups attached to an aromatic ring is 1. The number of carbonyl (C=O) groups excluding carboxylic acids is 1. The van der Waals surface area contributed by atoms with Gasteiger partial charge in [0.15, 0.2) is 5.82 Å². The number of benzene rings is 1. The first-order valence-corrected chi connectivity index (χ1v) is 6.54. The van der Waals surface area contributed by atoms with E-state index in [0.29, 0.717) is 12.8 Å². The van der Waals surface area contributed by atoms with Gasteiger partial charge in [-0.1, -0.05) is 18.2 Å². The molecule has 6 nitrogen and oxygen atoms in total. The molecule has 106 valence electrons. The number of nitrogens with two attached hydrogens (primary N) is 1. The van der Waals surface area contributed by atoms with E-state index >= 15 is 0 Å². The molecular formula is C14H19N5O. The quantitative estimate of drug-likeness (QED) is 0.802. The SMILES string of the molecule is CC(NC(=O)CCc1ccccc1N)c1nncn1C. The van der Waals surface area contributed by atoms with Crippen molar-refractivity contribution in [2.45, 2.75) is 25.8 Å². The van der Waals surface area contributed by atoms with Crippen LogP contribution in [0.15, 0.2) is 30.6 Å². The summed E-state index contributed by atoms with van der Waals surface area (Å²) in [6.07, 6.45) is 2.64. The molecule has 0 spiro atoms. The molecule has 0 aliphatic heterocycles. The molecule has 0 saturated heterocycles. The van der Waals surface area contributed by atoms with Crippen molar-refractivity contribution < 1.29 is 4.79 Å². The Morgan fingerprint density at radius 3 is 2.85 bits per heavy atom. The summed E-state index contributed by atoms with van der Waals surface area (Å²) in [6, 6.07) is 7.42. The van der Waals surface area contributed by atoms with Crippen molar-refractivity contribution in [1.29, 1.82) is 0 Å². The van der Waals surface area contributed by atoms with Crippen molar-refractivity contribution in [3.05, 3.63) is 42.0 Å². The van der Waals surface area contributed by atoms with Crippen LogP contribution in [-0.4, -0.2) is 20.7 Å². The predicted molar refractivity (Wildman–Crippen MR) is 76.7 cm³/mol. The molecule has 2 aromatic rings. The summed E-state index contributed by atoms with van der Waals surface area (Å²) in [7, 11) is 1.85. The minimum Gasteiger partial charge on any atom is -0.399 e. The van der Waals surface area contributed by atoms with Crippen molar-refractivity contribution in [3.8, 4) is 0 Å². The average Bonchev–Trinajstić information content (AvgIpc) is 2.84. The summed E-state index contributed by atoms with van der Waals surface area (Å²) in [5.74, 6) is 0.710. The van der Waals surface area contributed by atoms with Crippen molar-refractivity contribution in [2.24, 2.45) is 7.05 Å². The number of anilines is 1. The number of aryl methyl sites for hydroxylation is 2. The second kappa shape index (κ2) is 6.18. The number of hydrogen-bond donors (Lipinski definition) is 2. The third kappa shape index (κ3) is 3.34. The predicted octanol–water partition coefficient (Wildman–Crippen LogP) is 1.21. The highest BCUT2D eigenvalue weighted by Crippen LogP contribution is 2.13. The third-order valence-electron chi connectivity index (χ3n) is 3.19. The van der Waals surface area contributed by atoms with Gasteiger partial charge in [-0.15, -0.1) is 10.2 Å². The molecule has 6 heteroatoms. The van der Waals surface area contributed by atoms with E-state index in [1.165, 1.54) is 0 Å². The van der Waals surface area contributed by atoms with Crippen molar-refractivity contribution in [1.82, 2.24) is 20.1 Å². The summed E-state index contributed by atoms with van der Waals surface area (Å²) < 4.78 is 1.79. The molecule has 20 heavy (non-hydrogen) atoms. The molecule has 3 N–H and O–H groups in total. The van der Waals surface area contributed by atoms with E-state index in [1.54, 1.807) is 10.9 Å². The number of nitrogens with one attached hydrogen (secondary N) is 1. The molecule has 0 bridgehead atoms. The minimum atomic E-state index is -0.164. The summed E-state index contributed by atoms with van der Waals surface area (Å²) in [5.41, 5.74) is 7.57. The highest BCUT2D eigenvalue weighted by atomic mass is 16.1. The molecule has 0 fully saturated rings. The molecule has 1 amide bonds. The van der Waals surface area contributed by atoms with Crippen molar-refractivity contribution >= 4 is 11.6 Å². The molecule has 1 heterocycles. The lowest BCUT2D eigenvalue weighted by molar-refractivity contribution is -0.121. The molecule has 0 radical (unpaired) electrons. The van der Waals surface area contributed by atoms with Gasteiger partial charge in [0.25, 0.3) is 0 Å². The van der Waals surface area contributed by atoms with E-state index < -0.39 is 0 Å². The molecule has 0 aliphatic rings. The maximum Gasteiger partial charge on any atom is 0.220 e. The summed E-state index contributed by atoms with van der Waals surface area (Å²) in [6.45, 7) is 1.89. The molecule has 1 aromatic heterocycles. The highest BCUT2D eigenvalue weighted by Gasteiger charge is 2.14. The van der Waals surface area contributed by atoms with Crippen LogP contribution in [0.3, 0.4) is 0 Å². The van der Waals surface area contributed by atoms with Gasteiger partial charge in [0.05, 0.1) is 6.04 Å². The molecule has 1 aromatic carbocycles. The number of para-hydroxylation sites is 1. The fourth-order valence-corrected chi connectivity index (χ4v) is 2.07. The fourth-order valence-electron chi connectivity index (χ4n) is 2.07. The smallest absolute Gasteiger partial charge is 0.220 e. The van der Waals surface area contributed by atoms with Crippen LogP contribution in [0.5, 0.6) is 0 Å². The van der Waals surface area contributed by atoms with Crippen LogP contribution < -0.4 is 11.1 Å². The van der Waals surface area contributed by atoms with Crippen LogP contribution in [0.25, 0.3) is 0 Å². The van der Waals surface area contributed by atoms with E-state index in [1.807, 2.05) is 38.2 Å². The van der Waals surface area contributed by atoms with Gasteiger partial charge in [-0.25, -0.2) is 0 Å². The van der Waals surface area contributed by atoms with Crippen LogP contribution >= 0.6 is 0 Å². The van der Waals surface area contributed by atoms with E-state index in [2.05, 4.69) is 15.5 Å². The molecule has 1 atom stereocenters. The Bertz CT molecular complexity index is 593. The maximum atomic E-state index is 11.9. The Labute approximate surface area is 118 Å². The van der Waals surface area contributed by atoms with Crippen LogP contribution in [-0.2, 0) is 18.3 Å². The largest absolute Gasteiger partial charge is 0.399 e. The summed E-state index contributed by atoms with van der Waals surface area (Å²) in [5, 5.41) is 10.7. The van der Waals surface area contributed by atoms with Gasteiger partial charge in [0, 0.05) is 19.2 Å². The molecule has 2 rings (SSSR count). The van der Waals surface area contributed by atoms with E-state index in [-0.39, 0.29) is 11.9 Å². The van der Waals surface area contributed by atoms with Crippen LogP contribution in [0.4, 0.5) is 5.69 Å².